The second-order valence-electron chi connectivity index (χ2n) is 6.02. The summed E-state index contributed by atoms with van der Waals surface area (Å²) >= 11 is 1.34. The number of anilines is 1. The number of benzene rings is 2. The minimum absolute atomic E-state index is 0.100. The maximum atomic E-state index is 12.5. The molecule has 27 heavy (non-hydrogen) atoms. The molecule has 6 heteroatoms. The van der Waals surface area contributed by atoms with E-state index in [9.17, 15) is 4.79 Å². The first-order chi connectivity index (χ1) is 13.0. The van der Waals surface area contributed by atoms with Gasteiger partial charge in [0.1, 0.15) is 5.75 Å². The molecule has 0 aliphatic carbocycles. The number of hydrogen-bond acceptors (Lipinski definition) is 5. The van der Waals surface area contributed by atoms with Gasteiger partial charge in [0, 0.05) is 16.9 Å². The number of aromatic nitrogens is 2. The Kier molecular flexibility index (Phi) is 6.08. The molecule has 3 rings (SSSR count). The van der Waals surface area contributed by atoms with Gasteiger partial charge in [0.25, 0.3) is 0 Å². The van der Waals surface area contributed by atoms with Gasteiger partial charge in [0.15, 0.2) is 5.16 Å². The van der Waals surface area contributed by atoms with Crippen LogP contribution in [0.15, 0.2) is 65.8 Å². The van der Waals surface area contributed by atoms with Gasteiger partial charge < -0.3 is 10.1 Å². The fraction of sp³-hybridized carbons (Fsp3) is 0.190. The molecule has 0 unspecified atom stereocenters. The molecule has 0 spiro atoms. The Morgan fingerprint density at radius 1 is 1.07 bits per heavy atom. The van der Waals surface area contributed by atoms with Crippen LogP contribution < -0.4 is 10.1 Å². The van der Waals surface area contributed by atoms with Crippen molar-refractivity contribution in [2.24, 2.45) is 0 Å². The third kappa shape index (κ3) is 5.08. The maximum Gasteiger partial charge on any atom is 0.237 e. The lowest BCUT2D eigenvalue weighted by atomic mass is 10.1. The Labute approximate surface area is 163 Å². The van der Waals surface area contributed by atoms with Crippen LogP contribution in [0.5, 0.6) is 5.75 Å². The highest BCUT2D eigenvalue weighted by molar-refractivity contribution is 8.00. The molecule has 2 aromatic carbocycles. The zero-order valence-corrected chi connectivity index (χ0v) is 16.3. The van der Waals surface area contributed by atoms with Gasteiger partial charge >= 0.3 is 0 Å². The molecule has 0 aliphatic heterocycles. The summed E-state index contributed by atoms with van der Waals surface area (Å²) in [6, 6.07) is 19.1. The fourth-order valence-corrected chi connectivity index (χ4v) is 3.31. The number of nitrogens with one attached hydrogen (secondary N) is 1. The lowest BCUT2D eigenvalue weighted by Gasteiger charge is -2.12. The Morgan fingerprint density at radius 2 is 1.78 bits per heavy atom. The summed E-state index contributed by atoms with van der Waals surface area (Å²) < 4.78 is 5.13. The summed E-state index contributed by atoms with van der Waals surface area (Å²) in [7, 11) is 1.61. The number of carbonyl (C=O) groups excluding carboxylic acids is 1. The van der Waals surface area contributed by atoms with Crippen molar-refractivity contribution in [1.82, 2.24) is 9.97 Å². The average molecular weight is 379 g/mol. The first-order valence-electron chi connectivity index (χ1n) is 8.58. The number of nitrogens with zero attached hydrogens (tertiary/aromatic N) is 2. The van der Waals surface area contributed by atoms with Crippen LogP contribution in [0.25, 0.3) is 11.3 Å². The van der Waals surface area contributed by atoms with E-state index in [-0.39, 0.29) is 11.2 Å². The molecule has 3 aromatic rings. The number of aryl methyl sites for hydroxylation is 1. The first-order valence-corrected chi connectivity index (χ1v) is 9.46. The third-order valence-electron chi connectivity index (χ3n) is 3.91. The van der Waals surface area contributed by atoms with Crippen molar-refractivity contribution in [3.63, 3.8) is 0 Å². The summed E-state index contributed by atoms with van der Waals surface area (Å²) in [6.45, 7) is 3.78. The van der Waals surface area contributed by atoms with Crippen LogP contribution in [0.2, 0.25) is 0 Å². The highest BCUT2D eigenvalue weighted by atomic mass is 32.2. The standard InChI is InChI=1S/C21H21N3O2S/c1-14-13-19(16-7-5-4-6-8-16)24-21(22-14)27-15(2)20(25)23-17-9-11-18(26-3)12-10-17/h4-13,15H,1-3H3,(H,23,25)/t15-/m0/s1. The van der Waals surface area contributed by atoms with Crippen LogP contribution in [-0.4, -0.2) is 28.2 Å². The van der Waals surface area contributed by atoms with E-state index in [1.54, 1.807) is 7.11 Å². The second-order valence-corrected chi connectivity index (χ2v) is 7.33. The number of methoxy groups -OCH3 is 1. The minimum Gasteiger partial charge on any atom is -0.497 e. The zero-order chi connectivity index (χ0) is 19.2. The van der Waals surface area contributed by atoms with Gasteiger partial charge in [-0.25, -0.2) is 9.97 Å². The first kappa shape index (κ1) is 18.9. The van der Waals surface area contributed by atoms with E-state index in [1.807, 2.05) is 74.5 Å². The SMILES string of the molecule is COc1ccc(NC(=O)[C@H](C)Sc2nc(C)cc(-c3ccccc3)n2)cc1. The highest BCUT2D eigenvalue weighted by Gasteiger charge is 2.17. The van der Waals surface area contributed by atoms with Gasteiger partial charge in [-0.1, -0.05) is 42.1 Å². The van der Waals surface area contributed by atoms with E-state index in [1.165, 1.54) is 11.8 Å². The monoisotopic (exact) mass is 379 g/mol. The van der Waals surface area contributed by atoms with Gasteiger partial charge in [0.2, 0.25) is 5.91 Å². The smallest absolute Gasteiger partial charge is 0.237 e. The second kappa shape index (κ2) is 8.68. The van der Waals surface area contributed by atoms with Gasteiger partial charge in [-0.3, -0.25) is 4.79 Å². The summed E-state index contributed by atoms with van der Waals surface area (Å²) in [5.41, 5.74) is 3.48. The third-order valence-corrected chi connectivity index (χ3v) is 4.87. The molecule has 1 amide bonds. The Hall–Kier alpha value is -2.86. The Balaban J connectivity index is 1.70. The number of amides is 1. The van der Waals surface area contributed by atoms with Gasteiger partial charge in [0.05, 0.1) is 18.1 Å². The summed E-state index contributed by atoms with van der Waals surface area (Å²) in [4.78, 5) is 21.6. The van der Waals surface area contributed by atoms with E-state index >= 15 is 0 Å². The number of carbonyl (C=O) groups is 1. The molecule has 1 N–H and O–H groups in total. The summed E-state index contributed by atoms with van der Waals surface area (Å²) in [5.74, 6) is 0.647. The van der Waals surface area contributed by atoms with Crippen molar-refractivity contribution in [1.29, 1.82) is 0 Å². The summed E-state index contributed by atoms with van der Waals surface area (Å²) in [5, 5.41) is 3.16. The van der Waals surface area contributed by atoms with Crippen molar-refractivity contribution in [3.8, 4) is 17.0 Å². The molecular formula is C21H21N3O2S. The van der Waals surface area contributed by atoms with Crippen LogP contribution >= 0.6 is 11.8 Å². The normalized spacial score (nSPS) is 11.7. The molecule has 0 radical (unpaired) electrons. The predicted molar refractivity (Wildman–Crippen MR) is 109 cm³/mol. The van der Waals surface area contributed by atoms with Crippen molar-refractivity contribution in [2.45, 2.75) is 24.3 Å². The number of ether oxygens (including phenoxy) is 1. The van der Waals surface area contributed by atoms with E-state index in [0.29, 0.717) is 5.16 Å². The van der Waals surface area contributed by atoms with E-state index < -0.39 is 0 Å². The molecule has 5 nitrogen and oxygen atoms in total. The Morgan fingerprint density at radius 3 is 2.44 bits per heavy atom. The van der Waals surface area contributed by atoms with E-state index in [4.69, 9.17) is 4.74 Å². The molecular weight excluding hydrogens is 358 g/mol. The number of hydrogen-bond donors (Lipinski definition) is 1. The number of thioether (sulfide) groups is 1. The van der Waals surface area contributed by atoms with Crippen LogP contribution in [0.4, 0.5) is 5.69 Å². The molecule has 0 saturated heterocycles. The fourth-order valence-electron chi connectivity index (χ4n) is 2.48. The topological polar surface area (TPSA) is 64.1 Å². The van der Waals surface area contributed by atoms with Gasteiger partial charge in [-0.15, -0.1) is 0 Å². The highest BCUT2D eigenvalue weighted by Crippen LogP contribution is 2.25. The Bertz CT molecular complexity index is 914. The minimum atomic E-state index is -0.336. The lowest BCUT2D eigenvalue weighted by Crippen LogP contribution is -2.22. The van der Waals surface area contributed by atoms with Crippen LogP contribution in [0.3, 0.4) is 0 Å². The molecule has 1 atom stereocenters. The van der Waals surface area contributed by atoms with Crippen LogP contribution in [0.1, 0.15) is 12.6 Å². The lowest BCUT2D eigenvalue weighted by molar-refractivity contribution is -0.115. The predicted octanol–water partition coefficient (Wildman–Crippen LogP) is 4.58. The average Bonchev–Trinajstić information content (AvgIpc) is 2.68. The molecule has 138 valence electrons. The van der Waals surface area contributed by atoms with Crippen molar-refractivity contribution < 1.29 is 9.53 Å². The van der Waals surface area contributed by atoms with Crippen molar-refractivity contribution in [3.05, 3.63) is 66.4 Å². The molecule has 1 heterocycles. The van der Waals surface area contributed by atoms with E-state index in [0.717, 1.165) is 28.4 Å². The zero-order valence-electron chi connectivity index (χ0n) is 15.5. The van der Waals surface area contributed by atoms with Crippen molar-refractivity contribution in [2.75, 3.05) is 12.4 Å². The quantitative estimate of drug-likeness (QED) is 0.502. The molecule has 0 saturated carbocycles. The van der Waals surface area contributed by atoms with Gasteiger partial charge in [-0.2, -0.15) is 0 Å². The summed E-state index contributed by atoms with van der Waals surface area (Å²) in [6.07, 6.45) is 0. The molecule has 1 aromatic heterocycles. The van der Waals surface area contributed by atoms with E-state index in [2.05, 4.69) is 15.3 Å². The largest absolute Gasteiger partial charge is 0.497 e. The number of rotatable bonds is 6. The van der Waals surface area contributed by atoms with Crippen LogP contribution in [0, 0.1) is 6.92 Å². The molecule has 0 bridgehead atoms. The molecule has 0 fully saturated rings. The van der Waals surface area contributed by atoms with Crippen molar-refractivity contribution >= 4 is 23.4 Å². The van der Waals surface area contributed by atoms with Crippen LogP contribution in [-0.2, 0) is 4.79 Å². The molecule has 0 aliphatic rings. The van der Waals surface area contributed by atoms with Gasteiger partial charge in [-0.05, 0) is 44.2 Å². The maximum absolute atomic E-state index is 12.5.